The number of benzene rings is 2. The standard InChI is InChI=1S/C22H23N3O4/c26-19-7-3-15(4-8-19)20(27)16-9-12-24(13-10-16)21(28)17-1-5-18(6-2-17)25-14-11-23-22(25)29/h1-8,16,26H,9-14H2,(H,23,29). The highest BCUT2D eigenvalue weighted by atomic mass is 16.3. The molecular formula is C22H23N3O4. The van der Waals surface area contributed by atoms with Crippen LogP contribution in [0.1, 0.15) is 33.6 Å². The number of anilines is 1. The summed E-state index contributed by atoms with van der Waals surface area (Å²) in [4.78, 5) is 40.6. The number of aromatic hydroxyl groups is 1. The van der Waals surface area contributed by atoms with E-state index >= 15 is 0 Å². The summed E-state index contributed by atoms with van der Waals surface area (Å²) < 4.78 is 0. The van der Waals surface area contributed by atoms with Crippen molar-refractivity contribution in [3.05, 3.63) is 59.7 Å². The zero-order chi connectivity index (χ0) is 20.4. The molecule has 0 unspecified atom stereocenters. The minimum absolute atomic E-state index is 0.0574. The number of carbonyl (C=O) groups is 3. The molecule has 7 heteroatoms. The summed E-state index contributed by atoms with van der Waals surface area (Å²) in [5.74, 6) is 0.0290. The lowest BCUT2D eigenvalue weighted by molar-refractivity contribution is 0.0650. The molecule has 3 amide bonds. The number of likely N-dealkylation sites (tertiary alicyclic amines) is 1. The Morgan fingerprint density at radius 3 is 2.10 bits per heavy atom. The first-order valence-corrected chi connectivity index (χ1v) is 9.81. The van der Waals surface area contributed by atoms with E-state index in [-0.39, 0.29) is 29.4 Å². The maximum absolute atomic E-state index is 12.8. The maximum atomic E-state index is 12.8. The molecular weight excluding hydrogens is 370 g/mol. The van der Waals surface area contributed by atoms with Crippen molar-refractivity contribution in [3.63, 3.8) is 0 Å². The molecule has 2 fully saturated rings. The minimum Gasteiger partial charge on any atom is -0.508 e. The first-order chi connectivity index (χ1) is 14.0. The SMILES string of the molecule is O=C(c1ccc(O)cc1)C1CCN(C(=O)c2ccc(N3CCNC3=O)cc2)CC1. The first kappa shape index (κ1) is 19.0. The third kappa shape index (κ3) is 3.94. The van der Waals surface area contributed by atoms with Gasteiger partial charge in [0.15, 0.2) is 5.78 Å². The van der Waals surface area contributed by atoms with Crippen LogP contribution >= 0.6 is 0 Å². The van der Waals surface area contributed by atoms with Crippen LogP contribution in [0.4, 0.5) is 10.5 Å². The molecule has 2 aromatic carbocycles. The number of amides is 3. The Bertz CT molecular complexity index is 916. The highest BCUT2D eigenvalue weighted by Crippen LogP contribution is 2.25. The second kappa shape index (κ2) is 7.95. The van der Waals surface area contributed by atoms with E-state index in [1.807, 2.05) is 0 Å². The minimum atomic E-state index is -0.121. The van der Waals surface area contributed by atoms with E-state index in [0.717, 1.165) is 5.69 Å². The molecule has 0 aromatic heterocycles. The van der Waals surface area contributed by atoms with Crippen LogP contribution in [-0.2, 0) is 0 Å². The lowest BCUT2D eigenvalue weighted by Crippen LogP contribution is -2.40. The Morgan fingerprint density at radius 2 is 1.52 bits per heavy atom. The van der Waals surface area contributed by atoms with E-state index in [1.54, 1.807) is 46.2 Å². The van der Waals surface area contributed by atoms with Crippen molar-refractivity contribution in [1.29, 1.82) is 0 Å². The van der Waals surface area contributed by atoms with Crippen LogP contribution in [0.25, 0.3) is 0 Å². The fourth-order valence-corrected chi connectivity index (χ4v) is 3.89. The third-order valence-electron chi connectivity index (χ3n) is 5.59. The van der Waals surface area contributed by atoms with Gasteiger partial charge in [-0.1, -0.05) is 0 Å². The number of nitrogens with zero attached hydrogens (tertiary/aromatic N) is 2. The topological polar surface area (TPSA) is 89.9 Å². The summed E-state index contributed by atoms with van der Waals surface area (Å²) in [5.41, 5.74) is 1.94. The van der Waals surface area contributed by atoms with Crippen molar-refractivity contribution in [2.75, 3.05) is 31.1 Å². The van der Waals surface area contributed by atoms with Gasteiger partial charge >= 0.3 is 6.03 Å². The number of hydrogen-bond acceptors (Lipinski definition) is 4. The van der Waals surface area contributed by atoms with Crippen LogP contribution in [0.5, 0.6) is 5.75 Å². The molecule has 7 nitrogen and oxygen atoms in total. The van der Waals surface area contributed by atoms with Gasteiger partial charge in [0.1, 0.15) is 5.75 Å². The smallest absolute Gasteiger partial charge is 0.321 e. The maximum Gasteiger partial charge on any atom is 0.321 e. The van der Waals surface area contributed by atoms with Crippen LogP contribution in [0.2, 0.25) is 0 Å². The Balaban J connectivity index is 1.35. The van der Waals surface area contributed by atoms with Crippen LogP contribution in [0.3, 0.4) is 0 Å². The van der Waals surface area contributed by atoms with Crippen LogP contribution in [-0.4, -0.2) is 53.9 Å². The number of Topliss-reactive ketones (excluding diaryl/α,β-unsaturated/α-hetero) is 1. The van der Waals surface area contributed by atoms with Gasteiger partial charge in [-0.25, -0.2) is 4.79 Å². The van der Waals surface area contributed by atoms with E-state index in [0.29, 0.717) is 50.1 Å². The second-order valence-corrected chi connectivity index (χ2v) is 7.41. The van der Waals surface area contributed by atoms with Gasteiger partial charge in [0.25, 0.3) is 5.91 Å². The molecule has 0 bridgehead atoms. The molecule has 2 heterocycles. The van der Waals surface area contributed by atoms with Gasteiger partial charge in [-0.2, -0.15) is 0 Å². The molecule has 0 spiro atoms. The predicted molar refractivity (Wildman–Crippen MR) is 108 cm³/mol. The summed E-state index contributed by atoms with van der Waals surface area (Å²) >= 11 is 0. The summed E-state index contributed by atoms with van der Waals surface area (Å²) in [6.07, 6.45) is 1.25. The van der Waals surface area contributed by atoms with E-state index in [9.17, 15) is 19.5 Å². The summed E-state index contributed by atoms with van der Waals surface area (Å²) in [5, 5.41) is 12.1. The zero-order valence-electron chi connectivity index (χ0n) is 16.0. The summed E-state index contributed by atoms with van der Waals surface area (Å²) in [6, 6.07) is 13.3. The second-order valence-electron chi connectivity index (χ2n) is 7.41. The third-order valence-corrected chi connectivity index (χ3v) is 5.59. The number of phenolic OH excluding ortho intramolecular Hbond substituents is 1. The molecule has 0 radical (unpaired) electrons. The van der Waals surface area contributed by atoms with E-state index in [4.69, 9.17) is 0 Å². The number of nitrogens with one attached hydrogen (secondary N) is 1. The van der Waals surface area contributed by atoms with E-state index in [1.165, 1.54) is 12.1 Å². The number of urea groups is 1. The molecule has 0 atom stereocenters. The van der Waals surface area contributed by atoms with Gasteiger partial charge in [-0.3, -0.25) is 14.5 Å². The molecule has 0 saturated carbocycles. The average molecular weight is 393 g/mol. The predicted octanol–water partition coefficient (Wildman–Crippen LogP) is 2.66. The normalized spacial score (nSPS) is 17.3. The van der Waals surface area contributed by atoms with Crippen molar-refractivity contribution >= 4 is 23.4 Å². The van der Waals surface area contributed by atoms with Gasteiger partial charge in [0.05, 0.1) is 0 Å². The van der Waals surface area contributed by atoms with Gasteiger partial charge in [-0.05, 0) is 61.4 Å². The zero-order valence-corrected chi connectivity index (χ0v) is 16.0. The summed E-state index contributed by atoms with van der Waals surface area (Å²) in [6.45, 7) is 2.30. The highest BCUT2D eigenvalue weighted by Gasteiger charge is 2.28. The van der Waals surface area contributed by atoms with Crippen molar-refractivity contribution in [2.24, 2.45) is 5.92 Å². The molecule has 2 aliphatic heterocycles. The van der Waals surface area contributed by atoms with Crippen molar-refractivity contribution in [2.45, 2.75) is 12.8 Å². The molecule has 4 rings (SSSR count). The monoisotopic (exact) mass is 393 g/mol. The fraction of sp³-hybridized carbons (Fsp3) is 0.318. The first-order valence-electron chi connectivity index (χ1n) is 9.81. The van der Waals surface area contributed by atoms with Crippen molar-refractivity contribution in [1.82, 2.24) is 10.2 Å². The van der Waals surface area contributed by atoms with Gasteiger partial charge in [-0.15, -0.1) is 0 Å². The molecule has 150 valence electrons. The van der Waals surface area contributed by atoms with Gasteiger partial charge in [0, 0.05) is 48.9 Å². The Labute approximate surface area is 168 Å². The highest BCUT2D eigenvalue weighted by molar-refractivity contribution is 5.99. The van der Waals surface area contributed by atoms with Gasteiger partial charge < -0.3 is 15.3 Å². The molecule has 0 aliphatic carbocycles. The van der Waals surface area contributed by atoms with Crippen molar-refractivity contribution in [3.8, 4) is 5.75 Å². The number of hydrogen-bond donors (Lipinski definition) is 2. The Kier molecular flexibility index (Phi) is 5.20. The average Bonchev–Trinajstić information content (AvgIpc) is 3.19. The quantitative estimate of drug-likeness (QED) is 0.782. The largest absolute Gasteiger partial charge is 0.508 e. The fourth-order valence-electron chi connectivity index (χ4n) is 3.89. The summed E-state index contributed by atoms with van der Waals surface area (Å²) in [7, 11) is 0. The number of ketones is 1. The molecule has 2 aromatic rings. The molecule has 2 aliphatic rings. The lowest BCUT2D eigenvalue weighted by Gasteiger charge is -2.31. The molecule has 2 N–H and O–H groups in total. The van der Waals surface area contributed by atoms with E-state index in [2.05, 4.69) is 5.32 Å². The number of phenols is 1. The van der Waals surface area contributed by atoms with Crippen LogP contribution < -0.4 is 10.2 Å². The van der Waals surface area contributed by atoms with Crippen LogP contribution in [0, 0.1) is 5.92 Å². The van der Waals surface area contributed by atoms with Crippen LogP contribution in [0.15, 0.2) is 48.5 Å². The Morgan fingerprint density at radius 1 is 0.897 bits per heavy atom. The lowest BCUT2D eigenvalue weighted by atomic mass is 9.88. The van der Waals surface area contributed by atoms with Crippen molar-refractivity contribution < 1.29 is 19.5 Å². The number of piperidine rings is 1. The molecule has 2 saturated heterocycles. The van der Waals surface area contributed by atoms with Gasteiger partial charge in [0.2, 0.25) is 0 Å². The Hall–Kier alpha value is -3.35. The number of rotatable bonds is 4. The van der Waals surface area contributed by atoms with E-state index < -0.39 is 0 Å². The molecule has 29 heavy (non-hydrogen) atoms. The number of carbonyl (C=O) groups excluding carboxylic acids is 3.